The van der Waals surface area contributed by atoms with Crippen molar-refractivity contribution in [2.75, 3.05) is 18.7 Å². The van der Waals surface area contributed by atoms with Gasteiger partial charge in [0.1, 0.15) is 30.2 Å². The summed E-state index contributed by atoms with van der Waals surface area (Å²) in [6.45, 7) is -0.329. The topological polar surface area (TPSA) is 186 Å². The summed E-state index contributed by atoms with van der Waals surface area (Å²) in [6, 6.07) is 0. The molecule has 0 unspecified atom stereocenters. The van der Waals surface area contributed by atoms with Crippen molar-refractivity contribution in [2.45, 2.75) is 24.5 Å². The number of aromatic nitrogens is 4. The number of imidazole rings is 1. The highest BCUT2D eigenvalue weighted by Crippen LogP contribution is 2.36. The molecule has 0 spiro atoms. The average Bonchev–Trinajstić information content (AvgIpc) is 3.02. The van der Waals surface area contributed by atoms with Gasteiger partial charge in [-0.2, -0.15) is 9.97 Å². The highest BCUT2D eigenvalue weighted by atomic mass is 35.5. The Labute approximate surface area is 145 Å². The molecule has 1 saturated heterocycles. The molecular formula is C11H15ClN5O7P. The van der Waals surface area contributed by atoms with E-state index in [0.717, 1.165) is 0 Å². The van der Waals surface area contributed by atoms with Crippen molar-refractivity contribution in [3.05, 3.63) is 11.6 Å². The molecule has 12 nitrogen and oxygen atoms in total. The summed E-state index contributed by atoms with van der Waals surface area (Å²) in [7, 11) is -4.35. The average molecular weight is 396 g/mol. The first kappa shape index (κ1) is 18.4. The number of fused-ring (bicyclic) bond motifs is 1. The van der Waals surface area contributed by atoms with Gasteiger partial charge in [0, 0.05) is 0 Å². The Hall–Kier alpha value is -1.37. The van der Waals surface area contributed by atoms with E-state index in [-0.39, 0.29) is 28.9 Å². The van der Waals surface area contributed by atoms with E-state index in [9.17, 15) is 14.8 Å². The van der Waals surface area contributed by atoms with E-state index in [4.69, 9.17) is 36.6 Å². The van der Waals surface area contributed by atoms with Gasteiger partial charge in [-0.05, 0) is 11.6 Å². The smallest absolute Gasteiger partial charge is 0.350 e. The van der Waals surface area contributed by atoms with Crippen molar-refractivity contribution < 1.29 is 34.0 Å². The second kappa shape index (κ2) is 6.74. The Morgan fingerprint density at radius 2 is 2.08 bits per heavy atom. The van der Waals surface area contributed by atoms with Crippen LogP contribution in [0.3, 0.4) is 0 Å². The maximum atomic E-state index is 10.8. The fourth-order valence-electron chi connectivity index (χ4n) is 2.48. The van der Waals surface area contributed by atoms with E-state index in [1.165, 1.54) is 10.9 Å². The maximum absolute atomic E-state index is 10.8. The van der Waals surface area contributed by atoms with Crippen LogP contribution in [-0.2, 0) is 14.0 Å². The van der Waals surface area contributed by atoms with Crippen molar-refractivity contribution in [2.24, 2.45) is 0 Å². The number of ether oxygens (including phenoxy) is 2. The number of nitrogens with two attached hydrogens (primary N) is 1. The highest BCUT2D eigenvalue weighted by Gasteiger charge is 2.44. The van der Waals surface area contributed by atoms with Crippen LogP contribution in [0.4, 0.5) is 5.82 Å². The van der Waals surface area contributed by atoms with E-state index in [1.54, 1.807) is 0 Å². The van der Waals surface area contributed by atoms with Crippen LogP contribution in [0.15, 0.2) is 6.33 Å². The fourth-order valence-corrected chi connectivity index (χ4v) is 3.00. The number of nitrogens with zero attached hydrogens (tertiary/aromatic N) is 4. The van der Waals surface area contributed by atoms with Crippen LogP contribution in [0.5, 0.6) is 0 Å². The zero-order chi connectivity index (χ0) is 18.4. The van der Waals surface area contributed by atoms with Crippen molar-refractivity contribution in [1.29, 1.82) is 0 Å². The Morgan fingerprint density at radius 3 is 2.76 bits per heavy atom. The van der Waals surface area contributed by atoms with E-state index >= 15 is 0 Å². The van der Waals surface area contributed by atoms with Crippen LogP contribution in [0.25, 0.3) is 11.2 Å². The first-order chi connectivity index (χ1) is 11.7. The standard InChI is InChI=1S/C11H15ClN5O7P/c12-11-15-8(13)5-9(16-11)17(2-14-5)10-7(19)6(18)4(24-10)1-23-3-25(20,21)22/h2,4,6-7,10,18-19H,1,3H2,(H2,13,15,16)(H2,20,21,22)/t4-,6-,7-,10-/m1/s1. The molecule has 3 heterocycles. The second-order valence-electron chi connectivity index (χ2n) is 5.41. The zero-order valence-corrected chi connectivity index (χ0v) is 14.2. The van der Waals surface area contributed by atoms with Crippen molar-refractivity contribution in [3.63, 3.8) is 0 Å². The lowest BCUT2D eigenvalue weighted by Crippen LogP contribution is -2.33. The monoisotopic (exact) mass is 395 g/mol. The summed E-state index contributed by atoms with van der Waals surface area (Å²) in [5, 5.41) is 20.2. The molecule has 1 aliphatic rings. The van der Waals surface area contributed by atoms with Crippen LogP contribution >= 0.6 is 19.2 Å². The molecule has 14 heteroatoms. The molecule has 1 aliphatic heterocycles. The van der Waals surface area contributed by atoms with Gasteiger partial charge in [0.15, 0.2) is 17.7 Å². The van der Waals surface area contributed by atoms with Gasteiger partial charge in [-0.15, -0.1) is 0 Å². The fraction of sp³-hybridized carbons (Fsp3) is 0.545. The molecule has 6 N–H and O–H groups in total. The van der Waals surface area contributed by atoms with E-state index in [0.29, 0.717) is 0 Å². The van der Waals surface area contributed by atoms with Gasteiger partial charge < -0.3 is 35.2 Å². The molecular weight excluding hydrogens is 381 g/mol. The summed E-state index contributed by atoms with van der Waals surface area (Å²) in [4.78, 5) is 29.3. The summed E-state index contributed by atoms with van der Waals surface area (Å²) in [5.41, 5.74) is 6.15. The van der Waals surface area contributed by atoms with Crippen LogP contribution in [0, 0.1) is 0 Å². The number of aliphatic hydroxyl groups is 2. The van der Waals surface area contributed by atoms with E-state index in [1.807, 2.05) is 0 Å². The van der Waals surface area contributed by atoms with Gasteiger partial charge >= 0.3 is 7.60 Å². The first-order valence-electron chi connectivity index (χ1n) is 6.97. The summed E-state index contributed by atoms with van der Waals surface area (Å²) in [5.74, 6) is 0.0447. The van der Waals surface area contributed by atoms with Crippen LogP contribution in [0.2, 0.25) is 5.28 Å². The highest BCUT2D eigenvalue weighted by molar-refractivity contribution is 7.51. The van der Waals surface area contributed by atoms with Gasteiger partial charge in [-0.3, -0.25) is 9.13 Å². The number of hydrogen-bond donors (Lipinski definition) is 5. The van der Waals surface area contributed by atoms with Gasteiger partial charge in [0.05, 0.1) is 12.9 Å². The molecule has 0 amide bonds. The quantitative estimate of drug-likeness (QED) is 0.303. The van der Waals surface area contributed by atoms with Crippen LogP contribution in [0.1, 0.15) is 6.23 Å². The third-order valence-electron chi connectivity index (χ3n) is 3.57. The molecule has 1 fully saturated rings. The van der Waals surface area contributed by atoms with Gasteiger partial charge in [-0.25, -0.2) is 4.98 Å². The molecule has 0 aromatic carbocycles. The van der Waals surface area contributed by atoms with Crippen molar-refractivity contribution in [3.8, 4) is 0 Å². The van der Waals surface area contributed by atoms with Gasteiger partial charge in [0.2, 0.25) is 5.28 Å². The lowest BCUT2D eigenvalue weighted by molar-refractivity contribution is -0.0612. The predicted molar refractivity (Wildman–Crippen MR) is 83.5 cm³/mol. The molecule has 25 heavy (non-hydrogen) atoms. The third-order valence-corrected chi connectivity index (χ3v) is 4.26. The van der Waals surface area contributed by atoms with E-state index in [2.05, 4.69) is 15.0 Å². The van der Waals surface area contributed by atoms with Crippen molar-refractivity contribution in [1.82, 2.24) is 19.5 Å². The number of nitrogen functional groups attached to an aromatic ring is 1. The molecule has 3 rings (SSSR count). The predicted octanol–water partition coefficient (Wildman–Crippen LogP) is -1.17. The molecule has 4 atom stereocenters. The minimum atomic E-state index is -4.35. The molecule has 0 radical (unpaired) electrons. The molecule has 0 bridgehead atoms. The number of halogens is 1. The Morgan fingerprint density at radius 1 is 1.36 bits per heavy atom. The summed E-state index contributed by atoms with van der Waals surface area (Å²) < 4.78 is 22.5. The lowest BCUT2D eigenvalue weighted by Gasteiger charge is -2.16. The van der Waals surface area contributed by atoms with Gasteiger partial charge in [0.25, 0.3) is 0 Å². The normalized spacial score (nSPS) is 27.2. The Balaban J connectivity index is 1.80. The third kappa shape index (κ3) is 3.76. The first-order valence-corrected chi connectivity index (χ1v) is 9.14. The molecule has 138 valence electrons. The lowest BCUT2D eigenvalue weighted by atomic mass is 10.1. The molecule has 2 aromatic rings. The molecule has 2 aromatic heterocycles. The number of aliphatic hydroxyl groups excluding tert-OH is 2. The van der Waals surface area contributed by atoms with Gasteiger partial charge in [-0.1, -0.05) is 0 Å². The Kier molecular flexibility index (Phi) is 4.97. The summed E-state index contributed by atoms with van der Waals surface area (Å²) in [6.07, 6.45) is -4.34. The van der Waals surface area contributed by atoms with Crippen LogP contribution < -0.4 is 5.73 Å². The molecule has 0 saturated carbocycles. The largest absolute Gasteiger partial charge is 0.387 e. The number of rotatable bonds is 5. The Bertz CT molecular complexity index is 828. The minimum absolute atomic E-state index is 0.0447. The van der Waals surface area contributed by atoms with Crippen LogP contribution in [-0.4, -0.2) is 70.8 Å². The zero-order valence-electron chi connectivity index (χ0n) is 12.5. The number of anilines is 1. The van der Waals surface area contributed by atoms with E-state index < -0.39 is 38.5 Å². The SMILES string of the molecule is Nc1nc(Cl)nc2c1ncn2[C@@H]1O[C@H](COCP(=O)(O)O)[C@@H](O)[C@H]1O. The second-order valence-corrected chi connectivity index (χ2v) is 7.34. The minimum Gasteiger partial charge on any atom is -0.387 e. The van der Waals surface area contributed by atoms with Crippen molar-refractivity contribution >= 4 is 36.2 Å². The molecule has 0 aliphatic carbocycles. The summed E-state index contributed by atoms with van der Waals surface area (Å²) >= 11 is 5.77. The number of hydrogen-bond acceptors (Lipinski definition) is 9. The maximum Gasteiger partial charge on any atom is 0.350 e.